The van der Waals surface area contributed by atoms with E-state index in [2.05, 4.69) is 15.1 Å². The van der Waals surface area contributed by atoms with Crippen LogP contribution in [0.25, 0.3) is 0 Å². The van der Waals surface area contributed by atoms with Gasteiger partial charge in [0.25, 0.3) is 11.8 Å². The second-order valence-electron chi connectivity index (χ2n) is 7.06. The number of aryl methyl sites for hydroxylation is 1. The van der Waals surface area contributed by atoms with Crippen LogP contribution in [0.1, 0.15) is 37.0 Å². The van der Waals surface area contributed by atoms with Crippen LogP contribution in [0, 0.1) is 0 Å². The zero-order valence-corrected chi connectivity index (χ0v) is 17.8. The Morgan fingerprint density at radius 2 is 1.81 bits per heavy atom. The van der Waals surface area contributed by atoms with E-state index in [0.29, 0.717) is 22.5 Å². The smallest absolute Gasteiger partial charge is 0.267 e. The Balaban J connectivity index is 1.38. The Morgan fingerprint density at radius 1 is 1.03 bits per heavy atom. The number of benzene rings is 1. The minimum Gasteiger partial charge on any atom is -0.389 e. The highest BCUT2D eigenvalue weighted by molar-refractivity contribution is 7.12. The number of hydrogen-bond acceptors (Lipinski definition) is 7. The first-order valence-electron chi connectivity index (χ1n) is 9.78. The lowest BCUT2D eigenvalue weighted by atomic mass is 10.1. The summed E-state index contributed by atoms with van der Waals surface area (Å²) in [6.07, 6.45) is 3.43. The van der Waals surface area contributed by atoms with Crippen molar-refractivity contribution in [3.63, 3.8) is 0 Å². The standard InChI is InChI=1S/C23H17N5O3S/c1-27-14-24-12-18(27)21(19-9-5-11-32-19)26-31-13-15-6-4-10-20(25-15)28-22(29)16-7-2-3-8-17(16)23(28)30/h2-12,14H,13H2,1H3. The number of carbonyl (C=O) groups excluding carboxylic acids is 2. The van der Waals surface area contributed by atoms with Gasteiger partial charge in [-0.05, 0) is 35.7 Å². The Bertz CT molecular complexity index is 1310. The van der Waals surface area contributed by atoms with Gasteiger partial charge in [-0.15, -0.1) is 11.3 Å². The molecule has 0 atom stereocenters. The molecule has 0 aliphatic carbocycles. The number of carbonyl (C=O) groups is 2. The van der Waals surface area contributed by atoms with Crippen LogP contribution in [0.2, 0.25) is 0 Å². The molecule has 3 aromatic heterocycles. The summed E-state index contributed by atoms with van der Waals surface area (Å²) in [5, 5.41) is 6.30. The number of oxime groups is 1. The molecule has 4 aromatic rings. The third kappa shape index (κ3) is 3.48. The van der Waals surface area contributed by atoms with Crippen molar-refractivity contribution in [2.75, 3.05) is 4.90 Å². The highest BCUT2D eigenvalue weighted by atomic mass is 32.1. The summed E-state index contributed by atoms with van der Waals surface area (Å²) in [7, 11) is 1.89. The quantitative estimate of drug-likeness (QED) is 0.258. The first-order chi connectivity index (χ1) is 15.6. The first-order valence-corrected chi connectivity index (χ1v) is 10.7. The summed E-state index contributed by atoms with van der Waals surface area (Å²) in [4.78, 5) is 41.7. The monoisotopic (exact) mass is 443 g/mol. The van der Waals surface area contributed by atoms with Gasteiger partial charge in [0, 0.05) is 7.05 Å². The number of rotatable bonds is 6. The number of nitrogens with zero attached hydrogens (tertiary/aromatic N) is 5. The number of fused-ring (bicyclic) bond motifs is 1. The predicted octanol–water partition coefficient (Wildman–Crippen LogP) is 3.65. The van der Waals surface area contributed by atoms with Gasteiger partial charge in [-0.2, -0.15) is 0 Å². The lowest BCUT2D eigenvalue weighted by molar-refractivity contribution is 0.0924. The predicted molar refractivity (Wildman–Crippen MR) is 120 cm³/mol. The lowest BCUT2D eigenvalue weighted by Crippen LogP contribution is -2.30. The van der Waals surface area contributed by atoms with Gasteiger partial charge in [-0.1, -0.05) is 29.4 Å². The van der Waals surface area contributed by atoms with Crippen molar-refractivity contribution in [1.29, 1.82) is 0 Å². The molecule has 1 aliphatic rings. The highest BCUT2D eigenvalue weighted by Gasteiger charge is 2.37. The molecule has 0 unspecified atom stereocenters. The van der Waals surface area contributed by atoms with Crippen LogP contribution in [-0.4, -0.2) is 32.1 Å². The molecule has 8 nitrogen and oxygen atoms in total. The van der Waals surface area contributed by atoms with Crippen molar-refractivity contribution in [2.24, 2.45) is 12.2 Å². The molecule has 0 radical (unpaired) electrons. The summed E-state index contributed by atoms with van der Waals surface area (Å²) >= 11 is 1.55. The second-order valence-corrected chi connectivity index (χ2v) is 8.01. The third-order valence-corrected chi connectivity index (χ3v) is 5.87. The SMILES string of the molecule is Cn1cncc1C(=NOCc1cccc(N2C(=O)c3ccccc3C2=O)n1)c1cccs1. The van der Waals surface area contributed by atoms with Crippen LogP contribution in [0.5, 0.6) is 0 Å². The molecule has 32 heavy (non-hydrogen) atoms. The fraction of sp³-hybridized carbons (Fsp3) is 0.0870. The molecule has 5 rings (SSSR count). The van der Waals surface area contributed by atoms with Crippen LogP contribution >= 0.6 is 11.3 Å². The minimum atomic E-state index is -0.384. The average Bonchev–Trinajstić information content (AvgIpc) is 3.54. The molecule has 0 bridgehead atoms. The van der Waals surface area contributed by atoms with E-state index in [0.717, 1.165) is 15.5 Å². The van der Waals surface area contributed by atoms with Crippen LogP contribution in [0.4, 0.5) is 5.82 Å². The van der Waals surface area contributed by atoms with Gasteiger partial charge in [0.15, 0.2) is 6.61 Å². The van der Waals surface area contributed by atoms with Crippen LogP contribution < -0.4 is 4.90 Å². The molecule has 4 heterocycles. The molecular formula is C23H17N5O3S. The molecular weight excluding hydrogens is 426 g/mol. The third-order valence-electron chi connectivity index (χ3n) is 5.00. The maximum atomic E-state index is 12.7. The second kappa shape index (κ2) is 8.20. The fourth-order valence-corrected chi connectivity index (χ4v) is 4.16. The zero-order valence-electron chi connectivity index (χ0n) is 17.0. The number of imide groups is 1. The summed E-state index contributed by atoms with van der Waals surface area (Å²) in [5.41, 5.74) is 2.78. The van der Waals surface area contributed by atoms with Crippen molar-refractivity contribution in [3.8, 4) is 0 Å². The van der Waals surface area contributed by atoms with Crippen LogP contribution in [0.3, 0.4) is 0 Å². The van der Waals surface area contributed by atoms with Gasteiger partial charge in [0.1, 0.15) is 11.5 Å². The molecule has 0 saturated carbocycles. The Kier molecular flexibility index (Phi) is 5.08. The van der Waals surface area contributed by atoms with E-state index in [9.17, 15) is 9.59 Å². The molecule has 2 amide bonds. The molecule has 0 spiro atoms. The van der Waals surface area contributed by atoms with Gasteiger partial charge < -0.3 is 9.40 Å². The van der Waals surface area contributed by atoms with Crippen molar-refractivity contribution < 1.29 is 14.4 Å². The van der Waals surface area contributed by atoms with Crippen LogP contribution in [0.15, 0.2) is 77.7 Å². The summed E-state index contributed by atoms with van der Waals surface area (Å²) in [6, 6.07) is 15.8. The molecule has 158 valence electrons. The Hall–Kier alpha value is -4.11. The number of anilines is 1. The van der Waals surface area contributed by atoms with Gasteiger partial charge >= 0.3 is 0 Å². The number of hydrogen-bond donors (Lipinski definition) is 0. The van der Waals surface area contributed by atoms with E-state index in [4.69, 9.17) is 4.84 Å². The van der Waals surface area contributed by atoms with Crippen molar-refractivity contribution in [3.05, 3.63) is 99.9 Å². The van der Waals surface area contributed by atoms with Crippen LogP contribution in [-0.2, 0) is 18.5 Å². The maximum absolute atomic E-state index is 12.7. The lowest BCUT2D eigenvalue weighted by Gasteiger charge is -2.13. The van der Waals surface area contributed by atoms with E-state index in [1.165, 1.54) is 0 Å². The van der Waals surface area contributed by atoms with Gasteiger partial charge in [0.2, 0.25) is 0 Å². The first kappa shape index (κ1) is 19.8. The Labute approximate surface area is 187 Å². The van der Waals surface area contributed by atoms with E-state index >= 15 is 0 Å². The topological polar surface area (TPSA) is 89.7 Å². The molecule has 9 heteroatoms. The largest absolute Gasteiger partial charge is 0.389 e. The fourth-order valence-electron chi connectivity index (χ4n) is 3.45. The zero-order chi connectivity index (χ0) is 22.1. The van der Waals surface area contributed by atoms with Crippen molar-refractivity contribution >= 4 is 34.7 Å². The number of thiophene rings is 1. The summed E-state index contributed by atoms with van der Waals surface area (Å²) < 4.78 is 1.86. The minimum absolute atomic E-state index is 0.0732. The van der Waals surface area contributed by atoms with Crippen molar-refractivity contribution in [1.82, 2.24) is 14.5 Å². The van der Waals surface area contributed by atoms with Gasteiger partial charge in [-0.25, -0.2) is 14.9 Å². The normalized spacial score (nSPS) is 13.5. The van der Waals surface area contributed by atoms with E-state index in [-0.39, 0.29) is 24.2 Å². The molecule has 0 N–H and O–H groups in total. The molecule has 0 saturated heterocycles. The summed E-state index contributed by atoms with van der Waals surface area (Å²) in [6.45, 7) is 0.0732. The Morgan fingerprint density at radius 3 is 2.47 bits per heavy atom. The number of amides is 2. The van der Waals surface area contributed by atoms with E-state index in [1.54, 1.807) is 66.3 Å². The van der Waals surface area contributed by atoms with Gasteiger partial charge in [-0.3, -0.25) is 9.59 Å². The van der Waals surface area contributed by atoms with Gasteiger partial charge in [0.05, 0.1) is 39.9 Å². The summed E-state index contributed by atoms with van der Waals surface area (Å²) in [5.74, 6) is -0.512. The number of pyridine rings is 1. The molecule has 0 fully saturated rings. The molecule has 1 aromatic carbocycles. The maximum Gasteiger partial charge on any atom is 0.267 e. The highest BCUT2D eigenvalue weighted by Crippen LogP contribution is 2.27. The average molecular weight is 443 g/mol. The van der Waals surface area contributed by atoms with E-state index in [1.807, 2.05) is 29.1 Å². The number of aromatic nitrogens is 3. The number of imidazole rings is 1. The van der Waals surface area contributed by atoms with Crippen molar-refractivity contribution in [2.45, 2.75) is 6.61 Å². The molecule has 1 aliphatic heterocycles. The van der Waals surface area contributed by atoms with E-state index < -0.39 is 0 Å².